The third-order valence-electron chi connectivity index (χ3n) is 5.21. The van der Waals surface area contributed by atoms with Gasteiger partial charge in [-0.3, -0.25) is 9.89 Å². The van der Waals surface area contributed by atoms with E-state index in [1.807, 2.05) is 19.1 Å². The van der Waals surface area contributed by atoms with Crippen molar-refractivity contribution in [2.24, 2.45) is 0 Å². The Bertz CT molecular complexity index is 1050. The molecule has 0 saturated carbocycles. The number of H-pyrrole nitrogens is 2. The molecule has 0 bridgehead atoms. The van der Waals surface area contributed by atoms with Gasteiger partial charge < -0.3 is 9.72 Å². The fourth-order valence-corrected chi connectivity index (χ4v) is 4.34. The van der Waals surface area contributed by atoms with Crippen molar-refractivity contribution in [2.75, 3.05) is 0 Å². The second kappa shape index (κ2) is 4.35. The normalized spacial score (nSPS) is 20.4. The van der Waals surface area contributed by atoms with Crippen molar-refractivity contribution in [3.8, 4) is 11.8 Å². The quantitative estimate of drug-likeness (QED) is 0.666. The molecule has 3 heterocycles. The summed E-state index contributed by atoms with van der Waals surface area (Å²) in [5.74, 6) is 1.43. The van der Waals surface area contributed by atoms with Gasteiger partial charge in [0.25, 0.3) is 5.56 Å². The van der Waals surface area contributed by atoms with Crippen molar-refractivity contribution >= 4 is 0 Å². The summed E-state index contributed by atoms with van der Waals surface area (Å²) in [5.41, 5.74) is 4.19. The molecular weight excluding hydrogens is 304 g/mol. The van der Waals surface area contributed by atoms with E-state index in [0.29, 0.717) is 23.1 Å². The van der Waals surface area contributed by atoms with Crippen LogP contribution in [0.5, 0.6) is 11.8 Å². The highest BCUT2D eigenvalue weighted by Gasteiger charge is 2.52. The molecule has 1 aliphatic heterocycles. The minimum absolute atomic E-state index is 0.138. The Balaban J connectivity index is 1.96. The first kappa shape index (κ1) is 13.5. The lowest BCUT2D eigenvalue weighted by atomic mass is 9.70. The molecule has 0 saturated heterocycles. The van der Waals surface area contributed by atoms with Gasteiger partial charge in [-0.2, -0.15) is 4.98 Å². The third kappa shape index (κ3) is 1.48. The largest absolute Gasteiger partial charge is 0.418 e. The predicted octanol–water partition coefficient (Wildman–Crippen LogP) is 2.50. The van der Waals surface area contributed by atoms with Crippen LogP contribution in [0.3, 0.4) is 0 Å². The van der Waals surface area contributed by atoms with E-state index in [1.165, 1.54) is 5.56 Å². The summed E-state index contributed by atoms with van der Waals surface area (Å²) in [4.78, 5) is 20.2. The van der Waals surface area contributed by atoms with E-state index in [4.69, 9.17) is 4.74 Å². The van der Waals surface area contributed by atoms with Crippen LogP contribution in [-0.4, -0.2) is 20.2 Å². The maximum Gasteiger partial charge on any atom is 0.259 e. The Morgan fingerprint density at radius 3 is 2.88 bits per heavy atom. The van der Waals surface area contributed by atoms with Crippen molar-refractivity contribution in [3.63, 3.8) is 0 Å². The number of hydrogen-bond donors (Lipinski definition) is 2. The van der Waals surface area contributed by atoms with Crippen molar-refractivity contribution < 1.29 is 4.74 Å². The molecular formula is C18H16N4O2. The van der Waals surface area contributed by atoms with Gasteiger partial charge in [-0.25, -0.2) is 0 Å². The van der Waals surface area contributed by atoms with Crippen LogP contribution in [0.25, 0.3) is 0 Å². The average molecular weight is 320 g/mol. The topological polar surface area (TPSA) is 83.7 Å². The fraction of sp³-hybridized carbons (Fsp3) is 0.278. The van der Waals surface area contributed by atoms with E-state index in [0.717, 1.165) is 29.7 Å². The van der Waals surface area contributed by atoms with Crippen LogP contribution < -0.4 is 10.3 Å². The average Bonchev–Trinajstić information content (AvgIpc) is 3.10. The van der Waals surface area contributed by atoms with E-state index in [1.54, 1.807) is 6.92 Å². The SMILES string of the molecule is Cc1nc2c(c(=O)[nH]1)C1(CCc3ccccc31)c1c(n[nH]c1C)O2. The van der Waals surface area contributed by atoms with Gasteiger partial charge in [0.2, 0.25) is 11.8 Å². The van der Waals surface area contributed by atoms with Gasteiger partial charge in [-0.05, 0) is 37.8 Å². The van der Waals surface area contributed by atoms with Gasteiger partial charge >= 0.3 is 0 Å². The third-order valence-corrected chi connectivity index (χ3v) is 5.21. The first-order valence-corrected chi connectivity index (χ1v) is 8.04. The van der Waals surface area contributed by atoms with Crippen LogP contribution in [-0.2, 0) is 11.8 Å². The number of hydrogen-bond acceptors (Lipinski definition) is 4. The number of nitrogens with one attached hydrogen (secondary N) is 2. The molecule has 2 aliphatic rings. The Hall–Kier alpha value is -2.89. The predicted molar refractivity (Wildman–Crippen MR) is 87.6 cm³/mol. The summed E-state index contributed by atoms with van der Waals surface area (Å²) in [6.07, 6.45) is 1.72. The number of nitrogens with zero attached hydrogens (tertiary/aromatic N) is 2. The van der Waals surface area contributed by atoms with Crippen LogP contribution in [0.15, 0.2) is 29.1 Å². The summed E-state index contributed by atoms with van der Waals surface area (Å²) in [6, 6.07) is 8.29. The monoisotopic (exact) mass is 320 g/mol. The second-order valence-corrected chi connectivity index (χ2v) is 6.52. The smallest absolute Gasteiger partial charge is 0.259 e. The van der Waals surface area contributed by atoms with Gasteiger partial charge in [0, 0.05) is 5.69 Å². The lowest BCUT2D eigenvalue weighted by Gasteiger charge is -2.34. The van der Waals surface area contributed by atoms with Gasteiger partial charge in [0.15, 0.2) is 0 Å². The molecule has 0 radical (unpaired) electrons. The van der Waals surface area contributed by atoms with Gasteiger partial charge in [-0.15, -0.1) is 5.10 Å². The summed E-state index contributed by atoms with van der Waals surface area (Å²) in [7, 11) is 0. The Kier molecular flexibility index (Phi) is 2.45. The van der Waals surface area contributed by atoms with E-state index < -0.39 is 5.41 Å². The van der Waals surface area contributed by atoms with Crippen LogP contribution in [0.1, 0.15) is 40.2 Å². The molecule has 0 amide bonds. The highest BCUT2D eigenvalue weighted by molar-refractivity contribution is 5.64. The molecule has 24 heavy (non-hydrogen) atoms. The molecule has 1 atom stereocenters. The Morgan fingerprint density at radius 1 is 1.17 bits per heavy atom. The number of fused-ring (bicyclic) bond motifs is 6. The van der Waals surface area contributed by atoms with Gasteiger partial charge in [0.05, 0.1) is 16.5 Å². The summed E-state index contributed by atoms with van der Waals surface area (Å²) in [5, 5.41) is 7.32. The maximum atomic E-state index is 12.9. The Labute approximate surface area is 137 Å². The highest BCUT2D eigenvalue weighted by atomic mass is 16.5. The number of aryl methyl sites for hydroxylation is 3. The summed E-state index contributed by atoms with van der Waals surface area (Å²) >= 11 is 0. The zero-order valence-electron chi connectivity index (χ0n) is 13.4. The number of rotatable bonds is 0. The summed E-state index contributed by atoms with van der Waals surface area (Å²) < 4.78 is 5.89. The molecule has 120 valence electrons. The molecule has 1 aliphatic carbocycles. The molecule has 5 rings (SSSR count). The van der Waals surface area contributed by atoms with E-state index in [9.17, 15) is 4.79 Å². The zero-order valence-corrected chi connectivity index (χ0v) is 13.4. The van der Waals surface area contributed by atoms with E-state index >= 15 is 0 Å². The van der Waals surface area contributed by atoms with Gasteiger partial charge in [-0.1, -0.05) is 24.3 Å². The number of aromatic nitrogens is 4. The van der Waals surface area contributed by atoms with E-state index in [-0.39, 0.29) is 5.56 Å². The molecule has 0 fully saturated rings. The zero-order chi connectivity index (χ0) is 16.5. The fourth-order valence-electron chi connectivity index (χ4n) is 4.34. The highest BCUT2D eigenvalue weighted by Crippen LogP contribution is 2.56. The molecule has 1 unspecified atom stereocenters. The van der Waals surface area contributed by atoms with Crippen LogP contribution in [0.4, 0.5) is 0 Å². The molecule has 6 heteroatoms. The molecule has 1 aromatic carbocycles. The van der Waals surface area contributed by atoms with Crippen molar-refractivity contribution in [2.45, 2.75) is 32.1 Å². The van der Waals surface area contributed by atoms with E-state index in [2.05, 4.69) is 32.3 Å². The van der Waals surface area contributed by atoms with Crippen molar-refractivity contribution in [1.29, 1.82) is 0 Å². The number of aromatic amines is 2. The van der Waals surface area contributed by atoms with Crippen LogP contribution >= 0.6 is 0 Å². The lowest BCUT2D eigenvalue weighted by molar-refractivity contribution is 0.382. The molecule has 1 spiro atoms. The molecule has 6 nitrogen and oxygen atoms in total. The number of ether oxygens (including phenoxy) is 1. The lowest BCUT2D eigenvalue weighted by Crippen LogP contribution is -2.37. The first-order chi connectivity index (χ1) is 11.6. The van der Waals surface area contributed by atoms with Gasteiger partial charge in [0.1, 0.15) is 5.82 Å². The van der Waals surface area contributed by atoms with Crippen molar-refractivity contribution in [3.05, 3.63) is 68.4 Å². The minimum atomic E-state index is -0.551. The molecule has 2 aromatic heterocycles. The first-order valence-electron chi connectivity index (χ1n) is 8.04. The minimum Gasteiger partial charge on any atom is -0.418 e. The standard InChI is InChI=1S/C18H16N4O2/c1-9-13-17(22-21-9)24-16-14(15(23)19-10(2)20-16)18(13)8-7-11-5-3-4-6-12(11)18/h3-6H,7-8H2,1-2H3,(H,21,22)(H,19,20,23). The molecule has 2 N–H and O–H groups in total. The maximum absolute atomic E-state index is 12.9. The number of benzene rings is 1. The van der Waals surface area contributed by atoms with Crippen molar-refractivity contribution in [1.82, 2.24) is 20.2 Å². The van der Waals surface area contributed by atoms with Crippen LogP contribution in [0, 0.1) is 13.8 Å². The van der Waals surface area contributed by atoms with Crippen LogP contribution in [0.2, 0.25) is 0 Å². The second-order valence-electron chi connectivity index (χ2n) is 6.52. The Morgan fingerprint density at radius 2 is 2.00 bits per heavy atom. The summed E-state index contributed by atoms with van der Waals surface area (Å²) in [6.45, 7) is 3.73. The molecule has 3 aromatic rings.